The van der Waals surface area contributed by atoms with Crippen molar-refractivity contribution in [1.82, 2.24) is 20.1 Å². The molecule has 1 aliphatic rings. The molecule has 0 unspecified atom stereocenters. The summed E-state index contributed by atoms with van der Waals surface area (Å²) in [6.45, 7) is 5.53. The van der Waals surface area contributed by atoms with Gasteiger partial charge in [0, 0.05) is 64.3 Å². The molecule has 1 aliphatic heterocycles. The number of hydrogen-bond acceptors (Lipinski definition) is 5. The third-order valence-electron chi connectivity index (χ3n) is 5.18. The minimum atomic E-state index is 0. The van der Waals surface area contributed by atoms with Crippen LogP contribution in [0.3, 0.4) is 0 Å². The number of guanidine groups is 1. The summed E-state index contributed by atoms with van der Waals surface area (Å²) in [6, 6.07) is 10.0. The molecule has 0 aliphatic carbocycles. The number of nitrogens with one attached hydrogen (secondary N) is 1. The van der Waals surface area contributed by atoms with E-state index < -0.39 is 0 Å². The first-order valence-corrected chi connectivity index (χ1v) is 10.0. The number of aliphatic imine (C=N–C) groups is 1. The summed E-state index contributed by atoms with van der Waals surface area (Å²) in [6.07, 6.45) is 4.65. The van der Waals surface area contributed by atoms with E-state index in [0.29, 0.717) is 0 Å². The molecule has 164 valence electrons. The van der Waals surface area contributed by atoms with Crippen molar-refractivity contribution in [3.63, 3.8) is 0 Å². The second-order valence-electron chi connectivity index (χ2n) is 7.03. The summed E-state index contributed by atoms with van der Waals surface area (Å²) in [5, 5.41) is 3.48. The molecule has 0 spiro atoms. The van der Waals surface area contributed by atoms with Gasteiger partial charge in [-0.3, -0.25) is 14.9 Å². The highest BCUT2D eigenvalue weighted by atomic mass is 127. The Morgan fingerprint density at radius 2 is 1.93 bits per heavy atom. The molecule has 8 heteroatoms. The van der Waals surface area contributed by atoms with Gasteiger partial charge in [-0.25, -0.2) is 0 Å². The number of aromatic nitrogens is 1. The van der Waals surface area contributed by atoms with E-state index in [-0.39, 0.29) is 24.0 Å². The second kappa shape index (κ2) is 12.6. The lowest BCUT2D eigenvalue weighted by molar-refractivity contribution is 0.171. The molecular formula is C22H32IN5O2. The normalized spacial score (nSPS) is 14.8. The number of rotatable bonds is 7. The highest BCUT2D eigenvalue weighted by Crippen LogP contribution is 2.25. The van der Waals surface area contributed by atoms with Crippen molar-refractivity contribution in [2.24, 2.45) is 4.99 Å². The molecule has 1 aromatic carbocycles. The number of nitrogens with zero attached hydrogens (tertiary/aromatic N) is 4. The largest absolute Gasteiger partial charge is 0.497 e. The summed E-state index contributed by atoms with van der Waals surface area (Å²) in [4.78, 5) is 13.4. The molecule has 1 saturated heterocycles. The van der Waals surface area contributed by atoms with Gasteiger partial charge >= 0.3 is 0 Å². The molecular weight excluding hydrogens is 493 g/mol. The van der Waals surface area contributed by atoms with Gasteiger partial charge in [0.15, 0.2) is 5.96 Å². The molecule has 0 saturated carbocycles. The maximum Gasteiger partial charge on any atom is 0.193 e. The van der Waals surface area contributed by atoms with Gasteiger partial charge in [0.2, 0.25) is 0 Å². The Labute approximate surface area is 196 Å². The first kappa shape index (κ1) is 24.2. The van der Waals surface area contributed by atoms with Crippen LogP contribution in [0.15, 0.2) is 47.7 Å². The van der Waals surface area contributed by atoms with E-state index in [9.17, 15) is 0 Å². The zero-order valence-corrected chi connectivity index (χ0v) is 20.3. The monoisotopic (exact) mass is 525 g/mol. The lowest BCUT2D eigenvalue weighted by Crippen LogP contribution is -2.52. The van der Waals surface area contributed by atoms with Crippen molar-refractivity contribution in [3.05, 3.63) is 53.9 Å². The topological polar surface area (TPSA) is 62.2 Å². The quantitative estimate of drug-likeness (QED) is 0.341. The van der Waals surface area contributed by atoms with E-state index >= 15 is 0 Å². The van der Waals surface area contributed by atoms with Crippen LogP contribution >= 0.6 is 24.0 Å². The van der Waals surface area contributed by atoms with E-state index in [0.717, 1.165) is 68.7 Å². The third-order valence-corrected chi connectivity index (χ3v) is 5.18. The van der Waals surface area contributed by atoms with E-state index in [1.54, 1.807) is 20.4 Å². The Morgan fingerprint density at radius 3 is 2.57 bits per heavy atom. The van der Waals surface area contributed by atoms with Crippen LogP contribution in [0.4, 0.5) is 0 Å². The van der Waals surface area contributed by atoms with E-state index in [2.05, 4.69) is 37.2 Å². The number of benzene rings is 1. The number of halogens is 1. The number of ether oxygens (including phenoxy) is 2. The summed E-state index contributed by atoms with van der Waals surface area (Å²) in [5.41, 5.74) is 2.38. The minimum Gasteiger partial charge on any atom is -0.497 e. The Balaban J connectivity index is 0.00000320. The van der Waals surface area contributed by atoms with Crippen LogP contribution in [-0.2, 0) is 13.0 Å². The minimum absolute atomic E-state index is 0. The lowest BCUT2D eigenvalue weighted by Gasteiger charge is -2.36. The van der Waals surface area contributed by atoms with Crippen molar-refractivity contribution in [2.75, 3.05) is 54.0 Å². The van der Waals surface area contributed by atoms with E-state index in [4.69, 9.17) is 9.47 Å². The predicted octanol–water partition coefficient (Wildman–Crippen LogP) is 2.65. The third kappa shape index (κ3) is 6.73. The highest BCUT2D eigenvalue weighted by Gasteiger charge is 2.20. The molecule has 1 N–H and O–H groups in total. The van der Waals surface area contributed by atoms with Crippen molar-refractivity contribution in [1.29, 1.82) is 0 Å². The number of pyridine rings is 1. The average molecular weight is 525 g/mol. The van der Waals surface area contributed by atoms with Gasteiger partial charge < -0.3 is 19.7 Å². The molecule has 0 radical (unpaired) electrons. The van der Waals surface area contributed by atoms with Crippen molar-refractivity contribution in [3.8, 4) is 11.5 Å². The van der Waals surface area contributed by atoms with Crippen LogP contribution in [0.25, 0.3) is 0 Å². The molecule has 0 atom stereocenters. The van der Waals surface area contributed by atoms with E-state index in [1.165, 1.54) is 5.56 Å². The summed E-state index contributed by atoms with van der Waals surface area (Å²) in [7, 11) is 5.25. The number of methoxy groups -OCH3 is 2. The maximum absolute atomic E-state index is 5.52. The molecule has 0 bridgehead atoms. The van der Waals surface area contributed by atoms with Crippen molar-refractivity contribution >= 4 is 29.9 Å². The van der Waals surface area contributed by atoms with Crippen LogP contribution < -0.4 is 14.8 Å². The Morgan fingerprint density at radius 1 is 1.13 bits per heavy atom. The fourth-order valence-corrected chi connectivity index (χ4v) is 3.56. The van der Waals surface area contributed by atoms with Crippen molar-refractivity contribution in [2.45, 2.75) is 13.0 Å². The van der Waals surface area contributed by atoms with Crippen LogP contribution in [0, 0.1) is 0 Å². The highest BCUT2D eigenvalue weighted by molar-refractivity contribution is 14.0. The molecule has 0 amide bonds. The first-order valence-electron chi connectivity index (χ1n) is 10.0. The Hall–Kier alpha value is -2.07. The molecule has 2 aromatic rings. The first-order chi connectivity index (χ1) is 14.2. The van der Waals surface area contributed by atoms with Crippen LogP contribution in [-0.4, -0.2) is 74.7 Å². The molecule has 1 aromatic heterocycles. The molecule has 30 heavy (non-hydrogen) atoms. The van der Waals surface area contributed by atoms with Gasteiger partial charge in [0.25, 0.3) is 0 Å². The predicted molar refractivity (Wildman–Crippen MR) is 131 cm³/mol. The second-order valence-corrected chi connectivity index (χ2v) is 7.03. The summed E-state index contributed by atoms with van der Waals surface area (Å²) in [5.74, 6) is 2.73. The summed E-state index contributed by atoms with van der Waals surface area (Å²) >= 11 is 0. The maximum atomic E-state index is 5.52. The van der Waals surface area contributed by atoms with Gasteiger partial charge in [-0.05, 0) is 36.2 Å². The van der Waals surface area contributed by atoms with Crippen LogP contribution in [0.1, 0.15) is 11.1 Å². The van der Waals surface area contributed by atoms with Crippen LogP contribution in [0.5, 0.6) is 11.5 Å². The SMILES string of the molecule is CN=C(NCCc1cccnc1)N1CCN(Cc2cc(OC)ccc2OC)CC1.I. The Kier molecular flexibility index (Phi) is 10.2. The zero-order chi connectivity index (χ0) is 20.5. The average Bonchev–Trinajstić information content (AvgIpc) is 2.78. The van der Waals surface area contributed by atoms with Gasteiger partial charge in [0.1, 0.15) is 11.5 Å². The van der Waals surface area contributed by atoms with Gasteiger partial charge in [-0.1, -0.05) is 6.07 Å². The lowest BCUT2D eigenvalue weighted by atomic mass is 10.1. The van der Waals surface area contributed by atoms with Gasteiger partial charge in [-0.15, -0.1) is 24.0 Å². The molecule has 2 heterocycles. The number of hydrogen-bond donors (Lipinski definition) is 1. The molecule has 1 fully saturated rings. The fourth-order valence-electron chi connectivity index (χ4n) is 3.56. The van der Waals surface area contributed by atoms with E-state index in [1.807, 2.05) is 31.4 Å². The molecule has 7 nitrogen and oxygen atoms in total. The smallest absolute Gasteiger partial charge is 0.193 e. The van der Waals surface area contributed by atoms with Gasteiger partial charge in [-0.2, -0.15) is 0 Å². The zero-order valence-electron chi connectivity index (χ0n) is 18.0. The van der Waals surface area contributed by atoms with Crippen LogP contribution in [0.2, 0.25) is 0 Å². The van der Waals surface area contributed by atoms with Gasteiger partial charge in [0.05, 0.1) is 14.2 Å². The summed E-state index contributed by atoms with van der Waals surface area (Å²) < 4.78 is 10.9. The Bertz CT molecular complexity index is 795. The fraction of sp³-hybridized carbons (Fsp3) is 0.455. The molecule has 3 rings (SSSR count). The standard InChI is InChI=1S/C22H31N5O2.HI/c1-23-22(25-10-8-18-5-4-9-24-16-18)27-13-11-26(12-14-27)17-19-15-20(28-2)6-7-21(19)29-3;/h4-7,9,15-16H,8,10-14,17H2,1-3H3,(H,23,25);1H. The number of piperazine rings is 1. The van der Waals surface area contributed by atoms with Crippen molar-refractivity contribution < 1.29 is 9.47 Å².